The third-order valence-corrected chi connectivity index (χ3v) is 1.51. The number of hydrogen-bond donors (Lipinski definition) is 0. The zero-order valence-electron chi connectivity index (χ0n) is 6.51. The smallest absolute Gasteiger partial charge is 0.242 e. The van der Waals surface area contributed by atoms with Gasteiger partial charge in [-0.2, -0.15) is 5.26 Å². The summed E-state index contributed by atoms with van der Waals surface area (Å²) in [5, 5.41) is 8.41. The van der Waals surface area contributed by atoms with Crippen LogP contribution in [0.25, 0.3) is 4.85 Å². The molecule has 1 rings (SSSR count). The Labute approximate surface area is 73.9 Å². The molecule has 0 heterocycles. The Morgan fingerprint density at radius 2 is 2.08 bits per heavy atom. The lowest BCUT2D eigenvalue weighted by Gasteiger charge is -1.97. The first-order chi connectivity index (χ1) is 6.19. The minimum absolute atomic E-state index is 0.0490. The molecule has 0 saturated carbocycles. The van der Waals surface area contributed by atoms with Crippen molar-refractivity contribution < 1.29 is 8.78 Å². The highest BCUT2D eigenvalue weighted by Crippen LogP contribution is 2.14. The summed E-state index contributed by atoms with van der Waals surface area (Å²) in [6.45, 7) is 6.32. The van der Waals surface area contributed by atoms with Gasteiger partial charge in [0, 0.05) is 6.07 Å². The zero-order valence-corrected chi connectivity index (χ0v) is 6.51. The van der Waals surface area contributed by atoms with Crippen molar-refractivity contribution in [2.45, 2.75) is 6.54 Å². The van der Waals surface area contributed by atoms with Gasteiger partial charge in [0.2, 0.25) is 6.54 Å². The molecule has 4 heteroatoms. The second kappa shape index (κ2) is 3.64. The molecule has 64 valence electrons. The molecule has 0 saturated heterocycles. The number of nitriles is 1. The fourth-order valence-corrected chi connectivity index (χ4v) is 0.886. The molecule has 0 aromatic heterocycles. The van der Waals surface area contributed by atoms with Crippen LogP contribution in [0.2, 0.25) is 0 Å². The summed E-state index contributed by atoms with van der Waals surface area (Å²) in [5.41, 5.74) is -0.187. The van der Waals surface area contributed by atoms with E-state index in [2.05, 4.69) is 4.85 Å². The van der Waals surface area contributed by atoms with Gasteiger partial charge >= 0.3 is 0 Å². The van der Waals surface area contributed by atoms with Crippen LogP contribution >= 0.6 is 0 Å². The normalized spacial score (nSPS) is 8.92. The molecule has 0 bridgehead atoms. The lowest BCUT2D eigenvalue weighted by atomic mass is 10.1. The van der Waals surface area contributed by atoms with Crippen molar-refractivity contribution in [1.29, 1.82) is 5.26 Å². The highest BCUT2D eigenvalue weighted by Gasteiger charge is 2.10. The number of hydrogen-bond acceptors (Lipinski definition) is 1. The fourth-order valence-electron chi connectivity index (χ4n) is 0.886. The van der Waals surface area contributed by atoms with Crippen molar-refractivity contribution in [2.24, 2.45) is 0 Å². The van der Waals surface area contributed by atoms with Gasteiger partial charge in [0.15, 0.2) is 0 Å². The SMILES string of the molecule is [C-]#[N+]Cc1cc(C#N)c(F)cc1F. The molecule has 13 heavy (non-hydrogen) atoms. The first-order valence-corrected chi connectivity index (χ1v) is 3.40. The summed E-state index contributed by atoms with van der Waals surface area (Å²) < 4.78 is 25.6. The number of halogens is 2. The molecular weight excluding hydrogens is 174 g/mol. The second-order valence-electron chi connectivity index (χ2n) is 2.35. The molecule has 0 amide bonds. The minimum Gasteiger partial charge on any atom is -0.312 e. The Morgan fingerprint density at radius 1 is 1.38 bits per heavy atom. The molecule has 0 aliphatic rings. The van der Waals surface area contributed by atoms with Gasteiger partial charge in [-0.3, -0.25) is 0 Å². The quantitative estimate of drug-likeness (QED) is 0.606. The van der Waals surface area contributed by atoms with Crippen LogP contribution in [-0.4, -0.2) is 0 Å². The maximum Gasteiger partial charge on any atom is 0.242 e. The van der Waals surface area contributed by atoms with E-state index in [9.17, 15) is 8.78 Å². The van der Waals surface area contributed by atoms with Gasteiger partial charge in [0.05, 0.1) is 11.1 Å². The standard InChI is InChI=1S/C9H4F2N2/c1-13-5-7-2-6(4-12)8(10)3-9(7)11/h2-3H,5H2. The van der Waals surface area contributed by atoms with Gasteiger partial charge in [-0.05, 0) is 6.07 Å². The van der Waals surface area contributed by atoms with E-state index in [1.54, 1.807) is 6.07 Å². The number of rotatable bonds is 1. The van der Waals surface area contributed by atoms with E-state index >= 15 is 0 Å². The van der Waals surface area contributed by atoms with Gasteiger partial charge in [0.1, 0.15) is 17.7 Å². The molecule has 0 atom stereocenters. The van der Waals surface area contributed by atoms with E-state index in [0.717, 1.165) is 6.07 Å². The van der Waals surface area contributed by atoms with E-state index < -0.39 is 11.6 Å². The largest absolute Gasteiger partial charge is 0.312 e. The summed E-state index contributed by atoms with van der Waals surface area (Å²) in [6, 6.07) is 3.26. The molecule has 1 aromatic rings. The zero-order chi connectivity index (χ0) is 9.84. The molecular formula is C9H4F2N2. The minimum atomic E-state index is -0.895. The second-order valence-corrected chi connectivity index (χ2v) is 2.35. The molecule has 0 aliphatic heterocycles. The van der Waals surface area contributed by atoms with Gasteiger partial charge in [-0.1, -0.05) is 0 Å². The van der Waals surface area contributed by atoms with Crippen LogP contribution in [0, 0.1) is 29.5 Å². The van der Waals surface area contributed by atoms with E-state index in [-0.39, 0.29) is 17.7 Å². The topological polar surface area (TPSA) is 28.1 Å². The first-order valence-electron chi connectivity index (χ1n) is 3.40. The highest BCUT2D eigenvalue weighted by atomic mass is 19.1. The van der Waals surface area contributed by atoms with Crippen molar-refractivity contribution in [3.05, 3.63) is 46.3 Å². The molecule has 0 aliphatic carbocycles. The summed E-state index contributed by atoms with van der Waals surface area (Å²) in [4.78, 5) is 2.95. The maximum atomic E-state index is 12.9. The van der Waals surface area contributed by atoms with Crippen molar-refractivity contribution in [2.75, 3.05) is 0 Å². The molecule has 0 fully saturated rings. The fraction of sp³-hybridized carbons (Fsp3) is 0.111. The average molecular weight is 178 g/mol. The van der Waals surface area contributed by atoms with Crippen LogP contribution in [-0.2, 0) is 6.54 Å². The van der Waals surface area contributed by atoms with Crippen molar-refractivity contribution in [3.63, 3.8) is 0 Å². The number of benzene rings is 1. The molecule has 1 aromatic carbocycles. The first kappa shape index (κ1) is 9.15. The van der Waals surface area contributed by atoms with Crippen LogP contribution < -0.4 is 0 Å². The van der Waals surface area contributed by atoms with Crippen LogP contribution in [0.5, 0.6) is 0 Å². The summed E-state index contributed by atoms with van der Waals surface area (Å²) in [6.07, 6.45) is 0. The lowest BCUT2D eigenvalue weighted by Crippen LogP contribution is -1.93. The van der Waals surface area contributed by atoms with Gasteiger partial charge < -0.3 is 4.85 Å². The number of nitrogens with zero attached hydrogens (tertiary/aromatic N) is 2. The molecule has 0 spiro atoms. The Balaban J connectivity index is 3.26. The highest BCUT2D eigenvalue weighted by molar-refractivity contribution is 5.35. The van der Waals surface area contributed by atoms with E-state index in [1.165, 1.54) is 0 Å². The van der Waals surface area contributed by atoms with Crippen LogP contribution in [0.3, 0.4) is 0 Å². The molecule has 0 unspecified atom stereocenters. The Kier molecular flexibility index (Phi) is 2.56. The van der Waals surface area contributed by atoms with E-state index in [4.69, 9.17) is 11.8 Å². The summed E-state index contributed by atoms with van der Waals surface area (Å²) in [7, 11) is 0. The van der Waals surface area contributed by atoms with Gasteiger partial charge in [0.25, 0.3) is 0 Å². The predicted octanol–water partition coefficient (Wildman–Crippen LogP) is 2.26. The Hall–Kier alpha value is -1.94. The van der Waals surface area contributed by atoms with Crippen LogP contribution in [0.15, 0.2) is 12.1 Å². The summed E-state index contributed by atoms with van der Waals surface area (Å²) >= 11 is 0. The Morgan fingerprint density at radius 3 is 2.62 bits per heavy atom. The molecule has 0 radical (unpaired) electrons. The van der Waals surface area contributed by atoms with E-state index in [0.29, 0.717) is 6.07 Å². The van der Waals surface area contributed by atoms with Crippen molar-refractivity contribution in [1.82, 2.24) is 0 Å². The predicted molar refractivity (Wildman–Crippen MR) is 41.4 cm³/mol. The van der Waals surface area contributed by atoms with Gasteiger partial charge in [-0.25, -0.2) is 15.4 Å². The van der Waals surface area contributed by atoms with Gasteiger partial charge in [-0.15, -0.1) is 0 Å². The van der Waals surface area contributed by atoms with E-state index in [1.807, 2.05) is 0 Å². The van der Waals surface area contributed by atoms with Crippen LogP contribution in [0.4, 0.5) is 8.78 Å². The monoisotopic (exact) mass is 178 g/mol. The molecule has 2 nitrogen and oxygen atoms in total. The molecule has 0 N–H and O–H groups in total. The third-order valence-electron chi connectivity index (χ3n) is 1.51. The maximum absolute atomic E-state index is 12.9. The average Bonchev–Trinajstić information content (AvgIpc) is 2.10. The van der Waals surface area contributed by atoms with Crippen molar-refractivity contribution in [3.8, 4) is 6.07 Å². The van der Waals surface area contributed by atoms with Crippen molar-refractivity contribution >= 4 is 0 Å². The lowest BCUT2D eigenvalue weighted by molar-refractivity contribution is 0.573. The summed E-state index contributed by atoms with van der Waals surface area (Å²) in [5.74, 6) is -1.68. The Bertz CT molecular complexity index is 413. The van der Waals surface area contributed by atoms with Crippen LogP contribution in [0.1, 0.15) is 11.1 Å². The third kappa shape index (κ3) is 1.80.